The molecule has 95 valence electrons. The third kappa shape index (κ3) is 5.93. The van der Waals surface area contributed by atoms with Gasteiger partial charge in [-0.1, -0.05) is 65.0 Å². The number of rotatable bonds is 10. The number of hydrogen-bond donors (Lipinski definition) is 1. The molecule has 16 heavy (non-hydrogen) atoms. The van der Waals surface area contributed by atoms with Gasteiger partial charge in [-0.15, -0.1) is 0 Å². The molecule has 2 heteroatoms. The van der Waals surface area contributed by atoms with Crippen LogP contribution in [-0.4, -0.2) is 19.9 Å². The largest absolute Gasteiger partial charge is 0.315 e. The Kier molecular flexibility index (Phi) is 9.11. The van der Waals surface area contributed by atoms with Crippen LogP contribution in [0.4, 0.5) is 0 Å². The minimum Gasteiger partial charge on any atom is -0.315 e. The lowest BCUT2D eigenvalue weighted by atomic mass is 9.46. The zero-order valence-corrected chi connectivity index (χ0v) is 12.1. The topological polar surface area (TPSA) is 12.0 Å². The second-order valence-corrected chi connectivity index (χ2v) is 5.08. The maximum Gasteiger partial charge on any atom is 0.117 e. The maximum atomic E-state index is 3.51. The summed E-state index contributed by atoms with van der Waals surface area (Å²) in [4.78, 5) is 0. The summed E-state index contributed by atoms with van der Waals surface area (Å²) < 4.78 is 0. The van der Waals surface area contributed by atoms with Crippen molar-refractivity contribution in [3.8, 4) is 0 Å². The highest BCUT2D eigenvalue weighted by atomic mass is 14.9. The molecule has 0 aliphatic rings. The first-order valence-corrected chi connectivity index (χ1v) is 7.21. The van der Waals surface area contributed by atoms with E-state index >= 15 is 0 Å². The van der Waals surface area contributed by atoms with Gasteiger partial charge in [0.05, 0.1) is 0 Å². The van der Waals surface area contributed by atoms with E-state index in [-0.39, 0.29) is 0 Å². The summed E-state index contributed by atoms with van der Waals surface area (Å²) in [5.74, 6) is 0. The maximum absolute atomic E-state index is 3.51. The molecule has 0 saturated heterocycles. The molecule has 0 bridgehead atoms. The first kappa shape index (κ1) is 16.0. The molecule has 0 aromatic rings. The van der Waals surface area contributed by atoms with Crippen molar-refractivity contribution in [1.82, 2.24) is 5.32 Å². The van der Waals surface area contributed by atoms with Gasteiger partial charge in [-0.05, 0) is 19.9 Å². The molecular weight excluding hydrogens is 193 g/mol. The van der Waals surface area contributed by atoms with Crippen LogP contribution in [0, 0.1) is 0 Å². The normalized spacial score (nSPS) is 16.8. The van der Waals surface area contributed by atoms with Crippen molar-refractivity contribution in [3.63, 3.8) is 0 Å². The minimum absolute atomic E-state index is 0.507. The molecule has 1 nitrogen and oxygen atoms in total. The highest BCUT2D eigenvalue weighted by Crippen LogP contribution is 2.41. The zero-order chi connectivity index (χ0) is 12.4. The molecule has 0 spiro atoms. The second-order valence-electron chi connectivity index (χ2n) is 5.08. The van der Waals surface area contributed by atoms with Crippen LogP contribution in [0.2, 0.25) is 11.6 Å². The molecule has 0 fully saturated rings. The Morgan fingerprint density at radius 3 is 2.25 bits per heavy atom. The quantitative estimate of drug-likeness (QED) is 0.546. The van der Waals surface area contributed by atoms with Gasteiger partial charge in [-0.3, -0.25) is 0 Å². The van der Waals surface area contributed by atoms with Crippen molar-refractivity contribution in [2.45, 2.75) is 84.4 Å². The van der Waals surface area contributed by atoms with Gasteiger partial charge in [0, 0.05) is 6.04 Å². The molecule has 2 atom stereocenters. The van der Waals surface area contributed by atoms with Crippen LogP contribution < -0.4 is 5.32 Å². The van der Waals surface area contributed by atoms with Crippen molar-refractivity contribution >= 4 is 7.28 Å². The van der Waals surface area contributed by atoms with Gasteiger partial charge >= 0.3 is 0 Å². The summed E-state index contributed by atoms with van der Waals surface area (Å²) in [5, 5.41) is 4.02. The molecule has 1 N–H and O–H groups in total. The Balaban J connectivity index is 4.17. The molecule has 0 aliphatic carbocycles. The molecule has 0 aromatic carbocycles. The molecular formula is C14H31BN. The predicted molar refractivity (Wildman–Crippen MR) is 76.5 cm³/mol. The first-order chi connectivity index (χ1) is 7.64. The molecule has 1 radical (unpaired) electrons. The van der Waals surface area contributed by atoms with Gasteiger partial charge in [-0.25, -0.2) is 0 Å². The molecule has 0 aromatic heterocycles. The predicted octanol–water partition coefficient (Wildman–Crippen LogP) is 4.28. The Hall–Kier alpha value is 0.0249. The summed E-state index contributed by atoms with van der Waals surface area (Å²) in [7, 11) is 2.56. The van der Waals surface area contributed by atoms with Gasteiger partial charge < -0.3 is 5.32 Å². The smallest absolute Gasteiger partial charge is 0.117 e. The Labute approximate surface area is 104 Å². The number of nitrogens with one attached hydrogen (secondary N) is 1. The lowest BCUT2D eigenvalue weighted by Crippen LogP contribution is -2.28. The van der Waals surface area contributed by atoms with E-state index in [1.54, 1.807) is 0 Å². The average Bonchev–Trinajstić information content (AvgIpc) is 2.27. The van der Waals surface area contributed by atoms with E-state index in [4.69, 9.17) is 0 Å². The lowest BCUT2D eigenvalue weighted by molar-refractivity contribution is 0.398. The third-order valence-corrected chi connectivity index (χ3v) is 3.72. The van der Waals surface area contributed by atoms with E-state index in [2.05, 4.69) is 47.2 Å². The highest BCUT2D eigenvalue weighted by molar-refractivity contribution is 6.39. The molecule has 0 heterocycles. The fourth-order valence-electron chi connectivity index (χ4n) is 2.71. The van der Waals surface area contributed by atoms with Crippen LogP contribution >= 0.6 is 0 Å². The molecule has 0 rings (SSSR count). The molecule has 0 saturated carbocycles. The van der Waals surface area contributed by atoms with E-state index in [0.717, 1.165) is 6.54 Å². The van der Waals surface area contributed by atoms with E-state index in [1.807, 2.05) is 0 Å². The summed E-state index contributed by atoms with van der Waals surface area (Å²) in [6.07, 6.45) is 7.82. The van der Waals surface area contributed by atoms with Gasteiger partial charge in [0.15, 0.2) is 0 Å². The van der Waals surface area contributed by atoms with Gasteiger partial charge in [0.25, 0.3) is 0 Å². The van der Waals surface area contributed by atoms with E-state index in [0.29, 0.717) is 11.4 Å². The monoisotopic (exact) mass is 224 g/mol. The summed E-state index contributed by atoms with van der Waals surface area (Å²) in [5.41, 5.74) is 0. The molecule has 2 unspecified atom stereocenters. The summed E-state index contributed by atoms with van der Waals surface area (Å²) in [6, 6.07) is 0.665. The molecule has 0 aliphatic heterocycles. The van der Waals surface area contributed by atoms with Crippen molar-refractivity contribution in [1.29, 1.82) is 0 Å². The Bertz CT molecular complexity index is 153. The van der Waals surface area contributed by atoms with Crippen molar-refractivity contribution < 1.29 is 0 Å². The lowest BCUT2D eigenvalue weighted by Gasteiger charge is -2.33. The SMILES string of the molecule is CC[B]C(CC)(CCC)CCC(C)NCC. The van der Waals surface area contributed by atoms with Gasteiger partial charge in [-0.2, -0.15) is 0 Å². The fraction of sp³-hybridized carbons (Fsp3) is 1.00. The zero-order valence-electron chi connectivity index (χ0n) is 12.1. The number of hydrogen-bond acceptors (Lipinski definition) is 1. The average molecular weight is 224 g/mol. The van der Waals surface area contributed by atoms with Crippen LogP contribution in [-0.2, 0) is 0 Å². The van der Waals surface area contributed by atoms with Crippen molar-refractivity contribution in [2.24, 2.45) is 0 Å². The third-order valence-electron chi connectivity index (χ3n) is 3.72. The van der Waals surface area contributed by atoms with Crippen molar-refractivity contribution in [3.05, 3.63) is 0 Å². The standard InChI is InChI=1S/C14H31BN/c1-6-11-14(7-2,15-8-3)12-10-13(5)16-9-4/h13,16H,6-12H2,1-5H3. The van der Waals surface area contributed by atoms with Crippen LogP contribution in [0.3, 0.4) is 0 Å². The fourth-order valence-corrected chi connectivity index (χ4v) is 2.71. The van der Waals surface area contributed by atoms with E-state index in [9.17, 15) is 0 Å². The summed E-state index contributed by atoms with van der Waals surface area (Å²) >= 11 is 0. The van der Waals surface area contributed by atoms with Crippen LogP contribution in [0.5, 0.6) is 0 Å². The first-order valence-electron chi connectivity index (χ1n) is 7.21. The summed E-state index contributed by atoms with van der Waals surface area (Å²) in [6.45, 7) is 12.5. The second kappa shape index (κ2) is 9.10. The van der Waals surface area contributed by atoms with Gasteiger partial charge in [0.2, 0.25) is 0 Å². The van der Waals surface area contributed by atoms with E-state index in [1.165, 1.54) is 38.4 Å². The van der Waals surface area contributed by atoms with Gasteiger partial charge in [0.1, 0.15) is 7.28 Å². The van der Waals surface area contributed by atoms with Crippen LogP contribution in [0.15, 0.2) is 0 Å². The van der Waals surface area contributed by atoms with Crippen molar-refractivity contribution in [2.75, 3.05) is 6.54 Å². The molecule has 0 amide bonds. The minimum atomic E-state index is 0.507. The Morgan fingerprint density at radius 1 is 1.12 bits per heavy atom. The Morgan fingerprint density at radius 2 is 1.81 bits per heavy atom. The van der Waals surface area contributed by atoms with Crippen LogP contribution in [0.1, 0.15) is 66.7 Å². The highest BCUT2D eigenvalue weighted by Gasteiger charge is 2.26. The van der Waals surface area contributed by atoms with E-state index < -0.39 is 0 Å². The van der Waals surface area contributed by atoms with Crippen LogP contribution in [0.25, 0.3) is 0 Å².